The molecule has 0 aliphatic rings. The van der Waals surface area contributed by atoms with Gasteiger partial charge in [0.05, 0.1) is 5.56 Å². The minimum atomic E-state index is -0.758. The monoisotopic (exact) mass is 325 g/mol. The normalized spacial score (nSPS) is 12.2. The Morgan fingerprint density at radius 1 is 1.26 bits per heavy atom. The molecule has 5 heteroatoms. The smallest absolute Gasteiger partial charge is 0.214 e. The van der Waals surface area contributed by atoms with E-state index < -0.39 is 17.4 Å². The van der Waals surface area contributed by atoms with Crippen LogP contribution in [0, 0.1) is 11.6 Å². The van der Waals surface area contributed by atoms with Gasteiger partial charge in [-0.25, -0.2) is 8.78 Å². The summed E-state index contributed by atoms with van der Waals surface area (Å²) in [6.07, 6.45) is 1.53. The third-order valence-electron chi connectivity index (χ3n) is 2.65. The van der Waals surface area contributed by atoms with Crippen molar-refractivity contribution in [3.63, 3.8) is 0 Å². The third-order valence-corrected chi connectivity index (χ3v) is 3.18. The Labute approximate surface area is 117 Å². The topological polar surface area (TPSA) is 30.0 Å². The van der Waals surface area contributed by atoms with Gasteiger partial charge in [-0.15, -0.1) is 0 Å². The highest BCUT2D eigenvalue weighted by Gasteiger charge is 2.16. The second-order valence-corrected chi connectivity index (χ2v) is 5.42. The van der Waals surface area contributed by atoms with Crippen LogP contribution >= 0.6 is 15.9 Å². The number of hydrogen-bond acceptors (Lipinski definition) is 2. The third kappa shape index (κ3) is 3.04. The number of aromatic nitrogens is 1. The van der Waals surface area contributed by atoms with Crippen LogP contribution in [-0.2, 0) is 0 Å². The van der Waals surface area contributed by atoms with Gasteiger partial charge in [0.2, 0.25) is 5.78 Å². The molecular formula is C14H10BrF2NO. The van der Waals surface area contributed by atoms with Crippen LogP contribution in [0.5, 0.6) is 0 Å². The fourth-order valence-electron chi connectivity index (χ4n) is 1.58. The number of ketones is 1. The number of alkyl halides is 1. The molecule has 2 nitrogen and oxygen atoms in total. The summed E-state index contributed by atoms with van der Waals surface area (Å²) in [4.78, 5) is 16.1. The van der Waals surface area contributed by atoms with Gasteiger partial charge in [-0.3, -0.25) is 9.78 Å². The van der Waals surface area contributed by atoms with Crippen LogP contribution in [0.25, 0.3) is 0 Å². The summed E-state index contributed by atoms with van der Waals surface area (Å²) in [5.74, 6) is -2.05. The van der Waals surface area contributed by atoms with E-state index in [4.69, 9.17) is 0 Å². The number of nitrogens with zero attached hydrogens (tertiary/aromatic N) is 1. The zero-order valence-corrected chi connectivity index (χ0v) is 11.6. The Bertz CT molecular complexity index is 611. The van der Waals surface area contributed by atoms with Crippen LogP contribution in [0.15, 0.2) is 36.5 Å². The van der Waals surface area contributed by atoms with E-state index in [-0.39, 0.29) is 16.1 Å². The average Bonchev–Trinajstić information content (AvgIpc) is 2.41. The van der Waals surface area contributed by atoms with Gasteiger partial charge < -0.3 is 0 Å². The Balaban J connectivity index is 2.36. The van der Waals surface area contributed by atoms with Crippen molar-refractivity contribution in [2.24, 2.45) is 0 Å². The SMILES string of the molecule is CC(Br)c1ccc(C(=O)c2cc(F)ccc2F)nc1. The predicted molar refractivity (Wildman–Crippen MR) is 71.4 cm³/mol. The number of halogens is 3. The van der Waals surface area contributed by atoms with E-state index in [1.54, 1.807) is 6.07 Å². The second-order valence-electron chi connectivity index (χ2n) is 4.05. The molecule has 0 spiro atoms. The second kappa shape index (κ2) is 5.57. The van der Waals surface area contributed by atoms with Gasteiger partial charge in [0.25, 0.3) is 0 Å². The minimum Gasteiger partial charge on any atom is -0.287 e. The molecule has 0 bridgehead atoms. The Morgan fingerprint density at radius 3 is 2.58 bits per heavy atom. The molecule has 1 aromatic heterocycles. The average molecular weight is 326 g/mol. The lowest BCUT2D eigenvalue weighted by molar-refractivity contribution is 0.103. The first-order chi connectivity index (χ1) is 8.99. The number of hydrogen-bond donors (Lipinski definition) is 0. The van der Waals surface area contributed by atoms with E-state index in [0.717, 1.165) is 23.8 Å². The molecule has 0 saturated heterocycles. The van der Waals surface area contributed by atoms with E-state index in [1.165, 1.54) is 12.3 Å². The van der Waals surface area contributed by atoms with E-state index in [0.29, 0.717) is 0 Å². The Hall–Kier alpha value is -1.62. The molecule has 1 atom stereocenters. The van der Waals surface area contributed by atoms with Gasteiger partial charge in [-0.1, -0.05) is 22.0 Å². The van der Waals surface area contributed by atoms with Crippen molar-refractivity contribution in [2.45, 2.75) is 11.8 Å². The lowest BCUT2D eigenvalue weighted by Gasteiger charge is -2.05. The molecule has 0 fully saturated rings. The maximum atomic E-state index is 13.5. The van der Waals surface area contributed by atoms with Crippen LogP contribution in [0.2, 0.25) is 0 Å². The van der Waals surface area contributed by atoms with Gasteiger partial charge in [-0.2, -0.15) is 0 Å². The molecule has 2 rings (SSSR count). The van der Waals surface area contributed by atoms with E-state index in [9.17, 15) is 13.6 Å². The number of rotatable bonds is 3. The molecule has 1 heterocycles. The first kappa shape index (κ1) is 13.8. The zero-order valence-electron chi connectivity index (χ0n) is 10.0. The quantitative estimate of drug-likeness (QED) is 0.629. The Morgan fingerprint density at radius 2 is 2.00 bits per heavy atom. The highest BCUT2D eigenvalue weighted by atomic mass is 79.9. The molecular weight excluding hydrogens is 316 g/mol. The Kier molecular flexibility index (Phi) is 4.04. The van der Waals surface area contributed by atoms with Gasteiger partial charge in [-0.05, 0) is 36.8 Å². The van der Waals surface area contributed by atoms with Crippen molar-refractivity contribution < 1.29 is 13.6 Å². The summed E-state index contributed by atoms with van der Waals surface area (Å²) in [6, 6.07) is 5.99. The number of benzene rings is 1. The molecule has 0 radical (unpaired) electrons. The summed E-state index contributed by atoms with van der Waals surface area (Å²) >= 11 is 3.38. The number of carbonyl (C=O) groups is 1. The van der Waals surface area contributed by atoms with Crippen LogP contribution < -0.4 is 0 Å². The molecule has 2 aromatic rings. The molecule has 0 amide bonds. The molecule has 1 unspecified atom stereocenters. The molecule has 98 valence electrons. The zero-order chi connectivity index (χ0) is 14.0. The number of carbonyl (C=O) groups excluding carboxylic acids is 1. The first-order valence-electron chi connectivity index (χ1n) is 5.59. The van der Waals surface area contributed by atoms with Gasteiger partial charge >= 0.3 is 0 Å². The van der Waals surface area contributed by atoms with Gasteiger partial charge in [0.1, 0.15) is 17.3 Å². The minimum absolute atomic E-state index is 0.0846. The van der Waals surface area contributed by atoms with E-state index >= 15 is 0 Å². The first-order valence-corrected chi connectivity index (χ1v) is 6.50. The van der Waals surface area contributed by atoms with Crippen molar-refractivity contribution >= 4 is 21.7 Å². The molecule has 0 aliphatic carbocycles. The highest BCUT2D eigenvalue weighted by molar-refractivity contribution is 9.09. The van der Waals surface area contributed by atoms with Crippen molar-refractivity contribution in [1.29, 1.82) is 0 Å². The molecule has 1 aromatic carbocycles. The molecule has 0 aliphatic heterocycles. The van der Waals surface area contributed by atoms with Crippen molar-refractivity contribution in [3.8, 4) is 0 Å². The van der Waals surface area contributed by atoms with Crippen LogP contribution in [0.4, 0.5) is 8.78 Å². The number of pyridine rings is 1. The van der Waals surface area contributed by atoms with Crippen LogP contribution in [0.3, 0.4) is 0 Å². The summed E-state index contributed by atoms with van der Waals surface area (Å²) in [5.41, 5.74) is 0.671. The summed E-state index contributed by atoms with van der Waals surface area (Å²) in [6.45, 7) is 1.92. The summed E-state index contributed by atoms with van der Waals surface area (Å²) in [5, 5.41) is 0. The lowest BCUT2D eigenvalue weighted by atomic mass is 10.1. The maximum absolute atomic E-state index is 13.5. The van der Waals surface area contributed by atoms with Gasteiger partial charge in [0.15, 0.2) is 0 Å². The predicted octanol–water partition coefficient (Wildman–Crippen LogP) is 4.05. The summed E-state index contributed by atoms with van der Waals surface area (Å²) in [7, 11) is 0. The summed E-state index contributed by atoms with van der Waals surface area (Å²) < 4.78 is 26.5. The standard InChI is InChI=1S/C14H10BrF2NO/c1-8(15)9-2-5-13(18-7-9)14(19)11-6-10(16)3-4-12(11)17/h2-8H,1H3. The molecule has 19 heavy (non-hydrogen) atoms. The van der Waals surface area contributed by atoms with Crippen LogP contribution in [0.1, 0.15) is 33.4 Å². The van der Waals surface area contributed by atoms with Crippen LogP contribution in [-0.4, -0.2) is 10.8 Å². The highest BCUT2D eigenvalue weighted by Crippen LogP contribution is 2.21. The van der Waals surface area contributed by atoms with Gasteiger partial charge in [0, 0.05) is 11.0 Å². The fraction of sp³-hybridized carbons (Fsp3) is 0.143. The van der Waals surface area contributed by atoms with E-state index in [1.807, 2.05) is 6.92 Å². The molecule has 0 saturated carbocycles. The fourth-order valence-corrected chi connectivity index (χ4v) is 1.86. The largest absolute Gasteiger partial charge is 0.287 e. The lowest BCUT2D eigenvalue weighted by Crippen LogP contribution is -2.07. The maximum Gasteiger partial charge on any atom is 0.214 e. The van der Waals surface area contributed by atoms with E-state index in [2.05, 4.69) is 20.9 Å². The molecule has 0 N–H and O–H groups in total. The van der Waals surface area contributed by atoms with Crippen molar-refractivity contribution in [3.05, 3.63) is 65.0 Å². The van der Waals surface area contributed by atoms with Crippen molar-refractivity contribution in [2.75, 3.05) is 0 Å². The van der Waals surface area contributed by atoms with Crippen molar-refractivity contribution in [1.82, 2.24) is 4.98 Å².